The highest BCUT2D eigenvalue weighted by atomic mass is 79.9. The van der Waals surface area contributed by atoms with Gasteiger partial charge in [-0.15, -0.1) is 0 Å². The van der Waals surface area contributed by atoms with E-state index in [2.05, 4.69) is 43.9 Å². The van der Waals surface area contributed by atoms with Crippen molar-refractivity contribution in [3.8, 4) is 11.5 Å². The normalized spacial score (nSPS) is 12.3. The van der Waals surface area contributed by atoms with Crippen molar-refractivity contribution >= 4 is 72.2 Å². The molecule has 0 aliphatic rings. The van der Waals surface area contributed by atoms with Crippen LogP contribution >= 0.6 is 55.1 Å². The largest absolute Gasteiger partial charge is 0.490 e. The van der Waals surface area contributed by atoms with Crippen molar-refractivity contribution in [2.75, 3.05) is 6.61 Å². The topological polar surface area (TPSA) is 65.7 Å². The van der Waals surface area contributed by atoms with Crippen molar-refractivity contribution < 1.29 is 9.47 Å². The maximum absolute atomic E-state index is 13.4. The Labute approximate surface area is 247 Å². The molecule has 0 radical (unpaired) electrons. The fraction of sp³-hybridized carbons (Fsp3) is 0.250. The molecule has 0 saturated carbocycles. The quantitative estimate of drug-likeness (QED) is 0.166. The number of fused-ring (bicyclic) bond motifs is 1. The van der Waals surface area contributed by atoms with E-state index in [0.29, 0.717) is 54.9 Å². The van der Waals surface area contributed by atoms with Crippen molar-refractivity contribution in [3.05, 3.63) is 94.8 Å². The number of nitrogens with zero attached hydrogens (tertiary/aromatic N) is 3. The predicted molar refractivity (Wildman–Crippen MR) is 162 cm³/mol. The summed E-state index contributed by atoms with van der Waals surface area (Å²) < 4.78 is 14.8. The lowest BCUT2D eigenvalue weighted by atomic mass is 10.1. The predicted octanol–water partition coefficient (Wildman–Crippen LogP) is 8.60. The van der Waals surface area contributed by atoms with Gasteiger partial charge in [0.1, 0.15) is 12.4 Å². The fourth-order valence-electron chi connectivity index (χ4n) is 3.76. The molecule has 0 aliphatic carbocycles. The summed E-state index contributed by atoms with van der Waals surface area (Å²) >= 11 is 19.3. The van der Waals surface area contributed by atoms with Crippen LogP contribution in [-0.4, -0.2) is 22.5 Å². The summed E-state index contributed by atoms with van der Waals surface area (Å²) in [5.74, 6) is 1.70. The number of benzene rings is 3. The number of aromatic nitrogens is 2. The van der Waals surface area contributed by atoms with Crippen molar-refractivity contribution in [2.45, 2.75) is 39.7 Å². The second-order valence-electron chi connectivity index (χ2n) is 8.59. The third-order valence-electron chi connectivity index (χ3n) is 5.93. The monoisotopic (exact) mass is 679 g/mol. The molecule has 0 saturated heterocycles. The van der Waals surface area contributed by atoms with E-state index in [1.165, 1.54) is 4.68 Å². The van der Waals surface area contributed by atoms with Gasteiger partial charge in [-0.25, -0.2) is 4.98 Å². The van der Waals surface area contributed by atoms with E-state index in [-0.39, 0.29) is 18.1 Å². The van der Waals surface area contributed by atoms with Crippen LogP contribution in [0.1, 0.15) is 50.1 Å². The molecule has 0 fully saturated rings. The highest BCUT2D eigenvalue weighted by Crippen LogP contribution is 2.37. The van der Waals surface area contributed by atoms with Gasteiger partial charge in [-0.05, 0) is 77.3 Å². The first-order valence-electron chi connectivity index (χ1n) is 12.0. The summed E-state index contributed by atoms with van der Waals surface area (Å²) in [5, 5.41) is 6.14. The van der Waals surface area contributed by atoms with Gasteiger partial charge in [-0.3, -0.25) is 4.79 Å². The van der Waals surface area contributed by atoms with Gasteiger partial charge in [0, 0.05) is 26.0 Å². The van der Waals surface area contributed by atoms with Crippen molar-refractivity contribution in [1.82, 2.24) is 9.66 Å². The molecule has 0 unspecified atom stereocenters. The van der Waals surface area contributed by atoms with E-state index in [9.17, 15) is 4.79 Å². The van der Waals surface area contributed by atoms with E-state index in [0.717, 1.165) is 16.5 Å². The second-order valence-corrected chi connectivity index (χ2v) is 11.2. The molecule has 10 heteroatoms. The zero-order valence-corrected chi connectivity index (χ0v) is 25.7. The van der Waals surface area contributed by atoms with Crippen LogP contribution < -0.4 is 15.0 Å². The molecule has 1 atom stereocenters. The molecule has 1 heterocycles. The summed E-state index contributed by atoms with van der Waals surface area (Å²) in [4.78, 5) is 18.2. The van der Waals surface area contributed by atoms with Gasteiger partial charge in [-0.1, -0.05) is 59.0 Å². The Bertz CT molecular complexity index is 1570. The molecule has 3 aromatic carbocycles. The molecule has 4 aromatic rings. The summed E-state index contributed by atoms with van der Waals surface area (Å²) in [6.45, 7) is 6.64. The number of halogens is 4. The molecule has 0 amide bonds. The third-order valence-corrected chi connectivity index (χ3v) is 7.60. The summed E-state index contributed by atoms with van der Waals surface area (Å²) in [6, 6.07) is 14.4. The van der Waals surface area contributed by atoms with Crippen LogP contribution in [0.3, 0.4) is 0 Å². The van der Waals surface area contributed by atoms with Gasteiger partial charge in [-0.2, -0.15) is 9.78 Å². The van der Waals surface area contributed by atoms with Crippen LogP contribution in [0.5, 0.6) is 11.5 Å². The van der Waals surface area contributed by atoms with Crippen molar-refractivity contribution in [3.63, 3.8) is 0 Å². The lowest BCUT2D eigenvalue weighted by molar-refractivity contribution is 0.267. The molecule has 0 aliphatic heterocycles. The van der Waals surface area contributed by atoms with Crippen LogP contribution in [0.2, 0.25) is 10.0 Å². The van der Waals surface area contributed by atoms with Crippen LogP contribution in [0, 0.1) is 0 Å². The van der Waals surface area contributed by atoms with E-state index < -0.39 is 0 Å². The molecule has 198 valence electrons. The number of hydrogen-bond acceptors (Lipinski definition) is 5. The zero-order valence-electron chi connectivity index (χ0n) is 21.0. The second kappa shape index (κ2) is 12.6. The van der Waals surface area contributed by atoms with Gasteiger partial charge >= 0.3 is 0 Å². The molecular weight excluding hydrogens is 657 g/mol. The molecule has 6 nitrogen and oxygen atoms in total. The van der Waals surface area contributed by atoms with Crippen LogP contribution in [0.4, 0.5) is 0 Å². The average Bonchev–Trinajstić information content (AvgIpc) is 2.88. The SMILES string of the molecule is CCOc1cc(C=Nn2c([C@H](C)CC)nc3ccc(Br)cc3c2=O)cc(Br)c1OCc1ccc(Cl)cc1Cl. The van der Waals surface area contributed by atoms with Crippen LogP contribution in [0.15, 0.2) is 67.4 Å². The maximum Gasteiger partial charge on any atom is 0.282 e. The lowest BCUT2D eigenvalue weighted by Gasteiger charge is -2.16. The summed E-state index contributed by atoms with van der Waals surface area (Å²) in [5.41, 5.74) is 1.92. The molecule has 0 spiro atoms. The standard InChI is InChI=1S/C28H25Br2Cl2N3O3/c1-4-16(3)27-34-24-9-7-19(29)12-21(24)28(36)35(27)33-14-17-10-22(30)26(25(11-17)37-5-2)38-15-18-6-8-20(31)13-23(18)32/h6-14,16H,4-5,15H2,1-3H3/t16-/m1/s1. The molecule has 4 rings (SSSR count). The number of hydrogen-bond donors (Lipinski definition) is 0. The minimum absolute atomic E-state index is 0.0362. The van der Waals surface area contributed by atoms with Gasteiger partial charge < -0.3 is 9.47 Å². The Kier molecular flexibility index (Phi) is 9.52. The Morgan fingerprint density at radius 2 is 1.87 bits per heavy atom. The third kappa shape index (κ3) is 6.42. The molecule has 0 N–H and O–H groups in total. The van der Waals surface area contributed by atoms with Gasteiger partial charge in [0.2, 0.25) is 0 Å². The van der Waals surface area contributed by atoms with E-state index in [4.69, 9.17) is 37.7 Å². The summed E-state index contributed by atoms with van der Waals surface area (Å²) in [7, 11) is 0. The molecule has 38 heavy (non-hydrogen) atoms. The van der Waals surface area contributed by atoms with Crippen molar-refractivity contribution in [2.24, 2.45) is 5.10 Å². The first kappa shape index (κ1) is 28.6. The Morgan fingerprint density at radius 3 is 2.58 bits per heavy atom. The lowest BCUT2D eigenvalue weighted by Crippen LogP contribution is -2.23. The molecule has 1 aromatic heterocycles. The van der Waals surface area contributed by atoms with Crippen LogP contribution in [-0.2, 0) is 6.61 Å². The first-order chi connectivity index (χ1) is 18.2. The smallest absolute Gasteiger partial charge is 0.282 e. The number of ether oxygens (including phenoxy) is 2. The Morgan fingerprint density at radius 1 is 1.08 bits per heavy atom. The fourth-order valence-corrected chi connectivity index (χ4v) is 5.16. The van der Waals surface area contributed by atoms with Crippen LogP contribution in [0.25, 0.3) is 10.9 Å². The highest BCUT2D eigenvalue weighted by molar-refractivity contribution is 9.10. The number of rotatable bonds is 9. The van der Waals surface area contributed by atoms with E-state index >= 15 is 0 Å². The van der Waals surface area contributed by atoms with E-state index in [1.54, 1.807) is 24.4 Å². The summed E-state index contributed by atoms with van der Waals surface area (Å²) in [6.07, 6.45) is 2.43. The molecule has 0 bridgehead atoms. The zero-order chi connectivity index (χ0) is 27.4. The minimum Gasteiger partial charge on any atom is -0.490 e. The van der Waals surface area contributed by atoms with Crippen molar-refractivity contribution in [1.29, 1.82) is 0 Å². The first-order valence-corrected chi connectivity index (χ1v) is 14.4. The Hall–Kier alpha value is -2.39. The van der Waals surface area contributed by atoms with Gasteiger partial charge in [0.25, 0.3) is 5.56 Å². The highest BCUT2D eigenvalue weighted by Gasteiger charge is 2.17. The van der Waals surface area contributed by atoms with Gasteiger partial charge in [0.15, 0.2) is 11.5 Å². The molecular formula is C28H25Br2Cl2N3O3. The maximum atomic E-state index is 13.4. The Balaban J connectivity index is 1.71. The average molecular weight is 682 g/mol. The minimum atomic E-state index is -0.230. The van der Waals surface area contributed by atoms with Gasteiger partial charge in [0.05, 0.1) is 28.2 Å². The van der Waals surface area contributed by atoms with E-state index in [1.807, 2.05) is 44.2 Å².